The molecule has 2 N–H and O–H groups in total. The molecule has 0 aliphatic carbocycles. The van der Waals surface area contributed by atoms with Crippen molar-refractivity contribution in [1.82, 2.24) is 20.3 Å². The topological polar surface area (TPSA) is 87.7 Å². The number of para-hydroxylation sites is 1. The second-order valence-electron chi connectivity index (χ2n) is 6.49. The number of aromatic nitrogens is 3. The lowest BCUT2D eigenvalue weighted by Crippen LogP contribution is -2.26. The molecule has 0 saturated carbocycles. The van der Waals surface area contributed by atoms with Crippen LogP contribution in [0.25, 0.3) is 21.9 Å². The number of hydrogen-bond acceptors (Lipinski definition) is 4. The van der Waals surface area contributed by atoms with Gasteiger partial charge in [-0.05, 0) is 49.6 Å². The van der Waals surface area contributed by atoms with Crippen LogP contribution in [0.5, 0.6) is 0 Å². The molecule has 6 heteroatoms. The van der Waals surface area contributed by atoms with Crippen LogP contribution in [0.4, 0.5) is 0 Å². The van der Waals surface area contributed by atoms with Gasteiger partial charge >= 0.3 is 0 Å². The van der Waals surface area contributed by atoms with Crippen LogP contribution >= 0.6 is 0 Å². The van der Waals surface area contributed by atoms with Crippen molar-refractivity contribution in [2.45, 2.75) is 20.4 Å². The van der Waals surface area contributed by atoms with Gasteiger partial charge in [0, 0.05) is 23.2 Å². The van der Waals surface area contributed by atoms with Crippen molar-refractivity contribution in [3.8, 4) is 0 Å². The number of fused-ring (bicyclic) bond motifs is 2. The molecule has 2 aromatic carbocycles. The molecule has 0 atom stereocenters. The molecular weight excluding hydrogens is 340 g/mol. The van der Waals surface area contributed by atoms with Crippen LogP contribution in [0.15, 0.2) is 53.3 Å². The largest absolute Gasteiger partial charge is 0.348 e. The van der Waals surface area contributed by atoms with Gasteiger partial charge in [-0.15, -0.1) is 0 Å². The van der Waals surface area contributed by atoms with Crippen molar-refractivity contribution in [3.63, 3.8) is 0 Å². The monoisotopic (exact) mass is 358 g/mol. The van der Waals surface area contributed by atoms with Gasteiger partial charge in [0.15, 0.2) is 0 Å². The Morgan fingerprint density at radius 2 is 1.74 bits per heavy atom. The van der Waals surface area contributed by atoms with E-state index in [-0.39, 0.29) is 18.0 Å². The van der Waals surface area contributed by atoms with E-state index in [9.17, 15) is 9.59 Å². The van der Waals surface area contributed by atoms with Crippen LogP contribution in [-0.4, -0.2) is 20.9 Å². The highest BCUT2D eigenvalue weighted by molar-refractivity contribution is 5.97. The maximum atomic E-state index is 12.5. The zero-order chi connectivity index (χ0) is 19.0. The summed E-state index contributed by atoms with van der Waals surface area (Å²) in [5.41, 5.74) is 4.69. The van der Waals surface area contributed by atoms with Gasteiger partial charge in [0.2, 0.25) is 0 Å². The van der Waals surface area contributed by atoms with E-state index in [4.69, 9.17) is 0 Å². The van der Waals surface area contributed by atoms with Gasteiger partial charge in [-0.1, -0.05) is 18.2 Å². The lowest BCUT2D eigenvalue weighted by atomic mass is 10.1. The normalized spacial score (nSPS) is 11.0. The Labute approximate surface area is 155 Å². The van der Waals surface area contributed by atoms with Crippen LogP contribution in [0.2, 0.25) is 0 Å². The number of carbonyl (C=O) groups excluding carboxylic acids is 1. The number of H-pyrrole nitrogens is 1. The Balaban J connectivity index is 1.57. The highest BCUT2D eigenvalue weighted by atomic mass is 16.1. The van der Waals surface area contributed by atoms with Crippen molar-refractivity contribution in [3.05, 3.63) is 81.4 Å². The highest BCUT2D eigenvalue weighted by Crippen LogP contribution is 2.15. The molecule has 0 radical (unpaired) electrons. The molecule has 4 aromatic rings. The van der Waals surface area contributed by atoms with Gasteiger partial charge in [0.25, 0.3) is 11.5 Å². The lowest BCUT2D eigenvalue weighted by Gasteiger charge is -2.08. The molecule has 0 spiro atoms. The van der Waals surface area contributed by atoms with Crippen LogP contribution in [-0.2, 0) is 6.54 Å². The molecule has 0 aliphatic heterocycles. The first kappa shape index (κ1) is 16.9. The van der Waals surface area contributed by atoms with Crippen molar-refractivity contribution in [2.24, 2.45) is 0 Å². The van der Waals surface area contributed by atoms with Gasteiger partial charge < -0.3 is 10.3 Å². The molecule has 0 bridgehead atoms. The number of nitrogens with zero attached hydrogens (tertiary/aromatic N) is 2. The molecule has 27 heavy (non-hydrogen) atoms. The van der Waals surface area contributed by atoms with Crippen LogP contribution < -0.4 is 10.9 Å². The summed E-state index contributed by atoms with van der Waals surface area (Å²) < 4.78 is 0. The minimum Gasteiger partial charge on any atom is -0.348 e. The summed E-state index contributed by atoms with van der Waals surface area (Å²) >= 11 is 0. The van der Waals surface area contributed by atoms with Crippen molar-refractivity contribution < 1.29 is 4.79 Å². The second-order valence-corrected chi connectivity index (χ2v) is 6.49. The fourth-order valence-electron chi connectivity index (χ4n) is 2.97. The molecule has 0 saturated heterocycles. The number of aromatic amines is 1. The van der Waals surface area contributed by atoms with E-state index in [2.05, 4.69) is 20.3 Å². The van der Waals surface area contributed by atoms with E-state index in [0.717, 1.165) is 27.8 Å². The molecule has 6 nitrogen and oxygen atoms in total. The van der Waals surface area contributed by atoms with Crippen LogP contribution in [0.3, 0.4) is 0 Å². The van der Waals surface area contributed by atoms with Crippen molar-refractivity contribution in [2.75, 3.05) is 0 Å². The van der Waals surface area contributed by atoms with E-state index < -0.39 is 0 Å². The molecule has 2 aromatic heterocycles. The molecule has 1 amide bonds. The Bertz CT molecular complexity index is 1240. The number of nitrogens with one attached hydrogen (secondary N) is 2. The SMILES string of the molecule is Cc1nc2ccc(C(=O)NCc3cc4ccccc4[nH]c3=O)cc2nc1C. The number of rotatable bonds is 3. The van der Waals surface area contributed by atoms with Gasteiger partial charge in [-0.2, -0.15) is 0 Å². The maximum absolute atomic E-state index is 12.5. The number of pyridine rings is 1. The smallest absolute Gasteiger partial charge is 0.253 e. The summed E-state index contributed by atoms with van der Waals surface area (Å²) in [6.07, 6.45) is 0. The lowest BCUT2D eigenvalue weighted by molar-refractivity contribution is 0.0951. The first-order chi connectivity index (χ1) is 13.0. The minimum absolute atomic E-state index is 0.148. The van der Waals surface area contributed by atoms with Gasteiger partial charge in [-0.25, -0.2) is 9.97 Å². The quantitative estimate of drug-likeness (QED) is 0.589. The first-order valence-corrected chi connectivity index (χ1v) is 8.65. The summed E-state index contributed by atoms with van der Waals surface area (Å²) in [4.78, 5) is 36.5. The van der Waals surface area contributed by atoms with E-state index in [0.29, 0.717) is 16.6 Å². The predicted molar refractivity (Wildman–Crippen MR) is 105 cm³/mol. The zero-order valence-electron chi connectivity index (χ0n) is 15.0. The summed E-state index contributed by atoms with van der Waals surface area (Å²) in [6, 6.07) is 14.6. The van der Waals surface area contributed by atoms with Crippen molar-refractivity contribution in [1.29, 1.82) is 0 Å². The first-order valence-electron chi connectivity index (χ1n) is 8.65. The fourth-order valence-corrected chi connectivity index (χ4v) is 2.97. The molecular formula is C21H18N4O2. The average molecular weight is 358 g/mol. The number of hydrogen-bond donors (Lipinski definition) is 2. The van der Waals surface area contributed by atoms with E-state index in [1.54, 1.807) is 24.3 Å². The Morgan fingerprint density at radius 1 is 1.00 bits per heavy atom. The second kappa shape index (κ2) is 6.64. The Hall–Kier alpha value is -3.54. The summed E-state index contributed by atoms with van der Waals surface area (Å²) in [5.74, 6) is -0.260. The standard InChI is InChI=1S/C21H18N4O2/c1-12-13(2)24-19-10-15(7-8-18(19)23-12)20(26)22-11-16-9-14-5-3-4-6-17(14)25-21(16)27/h3-10H,11H2,1-2H3,(H,22,26)(H,25,27). The predicted octanol–water partition coefficient (Wildman–Crippen LogP) is 3.02. The Morgan fingerprint density at radius 3 is 2.56 bits per heavy atom. The number of benzene rings is 2. The molecule has 0 aliphatic rings. The molecule has 4 rings (SSSR count). The average Bonchev–Trinajstić information content (AvgIpc) is 2.66. The number of amides is 1. The van der Waals surface area contributed by atoms with Gasteiger partial charge in [0.1, 0.15) is 0 Å². The zero-order valence-corrected chi connectivity index (χ0v) is 15.0. The summed E-state index contributed by atoms with van der Waals surface area (Å²) in [6.45, 7) is 3.94. The van der Waals surface area contributed by atoms with Crippen LogP contribution in [0, 0.1) is 13.8 Å². The van der Waals surface area contributed by atoms with E-state index in [1.165, 1.54) is 0 Å². The molecule has 0 fully saturated rings. The fraction of sp³-hybridized carbons (Fsp3) is 0.143. The Kier molecular flexibility index (Phi) is 4.16. The third-order valence-electron chi connectivity index (χ3n) is 4.61. The van der Waals surface area contributed by atoms with Crippen molar-refractivity contribution >= 4 is 27.8 Å². The van der Waals surface area contributed by atoms with Gasteiger partial charge in [0.05, 0.1) is 22.4 Å². The highest BCUT2D eigenvalue weighted by Gasteiger charge is 2.10. The maximum Gasteiger partial charge on any atom is 0.253 e. The van der Waals surface area contributed by atoms with E-state index >= 15 is 0 Å². The molecule has 134 valence electrons. The summed E-state index contributed by atoms with van der Waals surface area (Å²) in [5, 5.41) is 3.73. The number of carbonyl (C=O) groups is 1. The van der Waals surface area contributed by atoms with E-state index in [1.807, 2.05) is 38.1 Å². The third kappa shape index (κ3) is 3.29. The minimum atomic E-state index is -0.260. The van der Waals surface area contributed by atoms with Gasteiger partial charge in [-0.3, -0.25) is 9.59 Å². The number of aryl methyl sites for hydroxylation is 2. The molecule has 0 unspecified atom stereocenters. The molecule has 2 heterocycles. The van der Waals surface area contributed by atoms with Crippen LogP contribution in [0.1, 0.15) is 27.3 Å². The summed E-state index contributed by atoms with van der Waals surface area (Å²) in [7, 11) is 0. The third-order valence-corrected chi connectivity index (χ3v) is 4.61.